The third-order valence-corrected chi connectivity index (χ3v) is 11.2. The maximum Gasteiger partial charge on any atom is 0.398 e. The Balaban J connectivity index is 1.37. The fourth-order valence-electron chi connectivity index (χ4n) is 9.65. The van der Waals surface area contributed by atoms with Crippen LogP contribution in [-0.4, -0.2) is 52.9 Å². The highest BCUT2D eigenvalue weighted by Crippen LogP contribution is 2.67. The van der Waals surface area contributed by atoms with E-state index < -0.39 is 28.7 Å². The van der Waals surface area contributed by atoms with Crippen molar-refractivity contribution in [2.75, 3.05) is 13.1 Å². The van der Waals surface area contributed by atoms with E-state index in [-0.39, 0.29) is 48.0 Å². The number of halogens is 3. The van der Waals surface area contributed by atoms with Gasteiger partial charge in [0.2, 0.25) is 0 Å². The number of hydrogen-bond donors (Lipinski definition) is 3. The molecule has 0 aromatic heterocycles. The fraction of sp³-hybridized carbons (Fsp3) is 0.923. The van der Waals surface area contributed by atoms with Crippen molar-refractivity contribution in [1.82, 2.24) is 5.01 Å². The number of Topliss-reactive ketones (excluding diaryl/α,β-unsaturated/α-hetero) is 1. The van der Waals surface area contributed by atoms with E-state index in [0.717, 1.165) is 51.2 Å². The van der Waals surface area contributed by atoms with Crippen molar-refractivity contribution >= 4 is 12.0 Å². The fourth-order valence-corrected chi connectivity index (χ4v) is 9.65. The molecule has 1 heterocycles. The Kier molecular flexibility index (Phi) is 5.75. The summed E-state index contributed by atoms with van der Waals surface area (Å²) in [5, 5.41) is 5.19. The second-order valence-corrected chi connectivity index (χ2v) is 13.2. The van der Waals surface area contributed by atoms with Crippen LogP contribution in [0.4, 0.5) is 13.2 Å². The SMILES string of the molecule is CC1CCC2(N)C3CCC4(C)C(C(=O)CN5CC(C(F)(F)F)C=N5)CC(C)C4C3(N)CCC2(N)C1. The highest BCUT2D eigenvalue weighted by molar-refractivity contribution is 5.84. The van der Waals surface area contributed by atoms with Gasteiger partial charge in [0.05, 0.1) is 13.1 Å². The van der Waals surface area contributed by atoms with Gasteiger partial charge in [0.15, 0.2) is 5.78 Å². The first kappa shape index (κ1) is 25.5. The lowest BCUT2D eigenvalue weighted by Crippen LogP contribution is -2.82. The van der Waals surface area contributed by atoms with Crippen LogP contribution in [0.3, 0.4) is 0 Å². The molecule has 0 spiro atoms. The molecule has 0 radical (unpaired) electrons. The van der Waals surface area contributed by atoms with Gasteiger partial charge in [-0.25, -0.2) is 0 Å². The van der Waals surface area contributed by atoms with Gasteiger partial charge in [0.25, 0.3) is 0 Å². The normalized spacial score (nSPS) is 51.6. The van der Waals surface area contributed by atoms with Crippen molar-refractivity contribution in [3.8, 4) is 0 Å². The third kappa shape index (κ3) is 3.62. The van der Waals surface area contributed by atoms with Crippen molar-refractivity contribution in [3.63, 3.8) is 0 Å². The maximum atomic E-state index is 13.5. The first-order valence-corrected chi connectivity index (χ1v) is 13.4. The number of ketones is 1. The van der Waals surface area contributed by atoms with Crippen LogP contribution >= 0.6 is 0 Å². The lowest BCUT2D eigenvalue weighted by atomic mass is 9.41. The van der Waals surface area contributed by atoms with Gasteiger partial charge in [0, 0.05) is 28.7 Å². The zero-order valence-electron chi connectivity index (χ0n) is 21.3. The zero-order valence-corrected chi connectivity index (χ0v) is 21.3. The van der Waals surface area contributed by atoms with Gasteiger partial charge in [-0.15, -0.1) is 0 Å². The van der Waals surface area contributed by atoms with Crippen molar-refractivity contribution in [2.45, 2.75) is 94.9 Å². The summed E-state index contributed by atoms with van der Waals surface area (Å²) in [6.07, 6.45) is 3.51. The van der Waals surface area contributed by atoms with Crippen LogP contribution < -0.4 is 17.2 Å². The van der Waals surface area contributed by atoms with E-state index in [1.54, 1.807) is 0 Å². The summed E-state index contributed by atoms with van der Waals surface area (Å²) in [7, 11) is 0. The molecule has 5 rings (SSSR count). The van der Waals surface area contributed by atoms with Crippen molar-refractivity contribution in [1.29, 1.82) is 0 Å². The topological polar surface area (TPSA) is 111 Å². The summed E-state index contributed by atoms with van der Waals surface area (Å²) in [6, 6.07) is 0. The van der Waals surface area contributed by atoms with Crippen molar-refractivity contribution in [2.24, 2.45) is 63.2 Å². The molecular weight excluding hydrogens is 455 g/mol. The van der Waals surface area contributed by atoms with Gasteiger partial charge >= 0.3 is 6.18 Å². The minimum absolute atomic E-state index is 0.0122. The Morgan fingerprint density at radius 1 is 1.11 bits per heavy atom. The quantitative estimate of drug-likeness (QED) is 0.553. The molecule has 4 fully saturated rings. The molecule has 0 saturated heterocycles. The molecule has 10 unspecified atom stereocenters. The molecule has 0 aromatic rings. The van der Waals surface area contributed by atoms with Crippen molar-refractivity contribution < 1.29 is 18.0 Å². The van der Waals surface area contributed by atoms with E-state index in [9.17, 15) is 18.0 Å². The van der Waals surface area contributed by atoms with E-state index in [4.69, 9.17) is 17.2 Å². The van der Waals surface area contributed by atoms with Crippen LogP contribution in [0.25, 0.3) is 0 Å². The first-order valence-electron chi connectivity index (χ1n) is 13.4. The van der Waals surface area contributed by atoms with Crippen LogP contribution in [-0.2, 0) is 4.79 Å². The van der Waals surface area contributed by atoms with Crippen LogP contribution in [0.2, 0.25) is 0 Å². The van der Waals surface area contributed by atoms with Crippen LogP contribution in [0.1, 0.15) is 72.1 Å². The van der Waals surface area contributed by atoms with E-state index >= 15 is 0 Å². The average Bonchev–Trinajstić information content (AvgIpc) is 3.32. The highest BCUT2D eigenvalue weighted by Gasteiger charge is 2.70. The van der Waals surface area contributed by atoms with Gasteiger partial charge in [0.1, 0.15) is 5.92 Å². The average molecular weight is 498 g/mol. The second kappa shape index (κ2) is 7.90. The molecule has 1 aliphatic heterocycles. The first-order chi connectivity index (χ1) is 16.1. The van der Waals surface area contributed by atoms with Crippen LogP contribution in [0, 0.1) is 40.9 Å². The van der Waals surface area contributed by atoms with Crippen molar-refractivity contribution in [3.05, 3.63) is 0 Å². The molecule has 4 saturated carbocycles. The molecule has 0 amide bonds. The Morgan fingerprint density at radius 2 is 1.83 bits per heavy atom. The van der Waals surface area contributed by atoms with E-state index in [0.29, 0.717) is 12.3 Å². The molecule has 198 valence electrons. The molecule has 6 N–H and O–H groups in total. The number of carbonyl (C=O) groups is 1. The zero-order chi connectivity index (χ0) is 25.6. The molecule has 4 aliphatic carbocycles. The number of hydrogen-bond acceptors (Lipinski definition) is 6. The Morgan fingerprint density at radius 3 is 2.49 bits per heavy atom. The minimum Gasteiger partial charge on any atom is -0.325 e. The molecule has 35 heavy (non-hydrogen) atoms. The summed E-state index contributed by atoms with van der Waals surface area (Å²) in [6.45, 7) is 6.28. The largest absolute Gasteiger partial charge is 0.398 e. The van der Waals surface area contributed by atoms with Crippen LogP contribution in [0.15, 0.2) is 5.10 Å². The predicted octanol–water partition coefficient (Wildman–Crippen LogP) is 3.43. The minimum atomic E-state index is -4.33. The maximum absolute atomic E-state index is 13.5. The lowest BCUT2D eigenvalue weighted by molar-refractivity contribution is -0.156. The number of rotatable bonds is 3. The number of alkyl halides is 3. The lowest BCUT2D eigenvalue weighted by Gasteiger charge is -2.68. The van der Waals surface area contributed by atoms with Crippen LogP contribution in [0.5, 0.6) is 0 Å². The molecule has 10 atom stereocenters. The number of nitrogens with two attached hydrogens (primary N) is 3. The molecule has 0 aromatic carbocycles. The van der Waals surface area contributed by atoms with Gasteiger partial charge in [-0.05, 0) is 80.5 Å². The summed E-state index contributed by atoms with van der Waals surface area (Å²) in [5.74, 6) is -0.794. The van der Waals surface area contributed by atoms with Gasteiger partial charge in [-0.2, -0.15) is 18.3 Å². The number of carbonyl (C=O) groups excluding carboxylic acids is 1. The molecular formula is C26H42F3N5O. The summed E-state index contributed by atoms with van der Waals surface area (Å²) < 4.78 is 39.2. The number of nitrogens with zero attached hydrogens (tertiary/aromatic N) is 2. The number of fused-ring (bicyclic) bond motifs is 5. The Hall–Kier alpha value is -1.19. The predicted molar refractivity (Wildman–Crippen MR) is 129 cm³/mol. The van der Waals surface area contributed by atoms with E-state index in [1.165, 1.54) is 5.01 Å². The third-order valence-electron chi connectivity index (χ3n) is 11.2. The number of hydrazone groups is 1. The summed E-state index contributed by atoms with van der Waals surface area (Å²) in [5.41, 5.74) is 20.0. The van der Waals surface area contributed by atoms with Gasteiger partial charge in [-0.3, -0.25) is 9.80 Å². The van der Waals surface area contributed by atoms with Gasteiger partial charge < -0.3 is 17.2 Å². The second-order valence-electron chi connectivity index (χ2n) is 13.2. The monoisotopic (exact) mass is 497 g/mol. The van der Waals surface area contributed by atoms with E-state index in [2.05, 4.69) is 25.9 Å². The molecule has 9 heteroatoms. The molecule has 6 nitrogen and oxygen atoms in total. The van der Waals surface area contributed by atoms with E-state index in [1.807, 2.05) is 0 Å². The van der Waals surface area contributed by atoms with Gasteiger partial charge in [-0.1, -0.05) is 20.8 Å². The smallest absolute Gasteiger partial charge is 0.325 e. The molecule has 0 bridgehead atoms. The summed E-state index contributed by atoms with van der Waals surface area (Å²) in [4.78, 5) is 13.5. The standard InChI is InChI=1S/C26H42F3N5O/c1-15-4-7-25(32)20-5-6-22(3)18(19(35)14-34-13-17(12-33-34)26(27,28)29)10-16(2)21(22)24(20,31)9-8-23(25,30)11-15/h12,15-18,20-21H,4-11,13-14,30-32H2,1-3H3. The Bertz CT molecular complexity index is 912. The highest BCUT2D eigenvalue weighted by atomic mass is 19.4. The summed E-state index contributed by atoms with van der Waals surface area (Å²) >= 11 is 0. The Labute approximate surface area is 206 Å². The molecule has 5 aliphatic rings.